The van der Waals surface area contributed by atoms with Crippen LogP contribution in [-0.2, 0) is 4.79 Å². The molecule has 0 spiro atoms. The highest BCUT2D eigenvalue weighted by Gasteiger charge is 2.14. The highest BCUT2D eigenvalue weighted by Crippen LogP contribution is 2.16. The van der Waals surface area contributed by atoms with Crippen LogP contribution in [0.5, 0.6) is 0 Å². The molecule has 1 rings (SSSR count). The number of carboxylic acids is 1. The summed E-state index contributed by atoms with van der Waals surface area (Å²) in [5.41, 5.74) is 0.380. The van der Waals surface area contributed by atoms with Crippen molar-refractivity contribution in [3.8, 4) is 0 Å². The summed E-state index contributed by atoms with van der Waals surface area (Å²) in [6, 6.07) is 6.48. The summed E-state index contributed by atoms with van der Waals surface area (Å²) >= 11 is 3.20. The molecule has 0 aliphatic heterocycles. The van der Waals surface area contributed by atoms with Gasteiger partial charge in [-0.25, -0.2) is 4.79 Å². The Morgan fingerprint density at radius 1 is 1.33 bits per heavy atom. The average molecular weight is 231 g/mol. The third kappa shape index (κ3) is 2.06. The molecule has 1 aromatic carbocycles. The lowest BCUT2D eigenvalue weighted by atomic mass is 10.1. The number of aliphatic carboxylic acids is 1. The third-order valence-electron chi connectivity index (χ3n) is 1.42. The molecule has 0 heterocycles. The molecule has 0 saturated carbocycles. The van der Waals surface area contributed by atoms with Gasteiger partial charge in [-0.05, 0) is 17.7 Å². The minimum absolute atomic E-state index is 0.380. The molecule has 1 atom stereocenters. The Bertz CT molecular complexity index is 281. The van der Waals surface area contributed by atoms with Gasteiger partial charge in [0.25, 0.3) is 0 Å². The van der Waals surface area contributed by atoms with Gasteiger partial charge in [0.05, 0.1) is 0 Å². The average Bonchev–Trinajstić information content (AvgIpc) is 2.04. The van der Waals surface area contributed by atoms with E-state index in [1.807, 2.05) is 0 Å². The van der Waals surface area contributed by atoms with Crippen LogP contribution in [0.4, 0.5) is 0 Å². The number of aliphatic hydroxyl groups excluding tert-OH is 1. The van der Waals surface area contributed by atoms with Gasteiger partial charge in [-0.2, -0.15) is 0 Å². The molecule has 0 unspecified atom stereocenters. The summed E-state index contributed by atoms with van der Waals surface area (Å²) in [6.45, 7) is 0. The molecule has 0 aromatic heterocycles. The first-order chi connectivity index (χ1) is 5.61. The molecule has 3 nitrogen and oxygen atoms in total. The Morgan fingerprint density at radius 2 is 1.83 bits per heavy atom. The summed E-state index contributed by atoms with van der Waals surface area (Å²) < 4.78 is 0.851. The van der Waals surface area contributed by atoms with E-state index < -0.39 is 12.1 Å². The Kier molecular flexibility index (Phi) is 2.83. The molecule has 64 valence electrons. The van der Waals surface area contributed by atoms with Crippen molar-refractivity contribution in [2.75, 3.05) is 0 Å². The lowest BCUT2D eigenvalue weighted by Crippen LogP contribution is -2.09. The second kappa shape index (κ2) is 3.69. The van der Waals surface area contributed by atoms with Crippen molar-refractivity contribution < 1.29 is 15.0 Å². The Morgan fingerprint density at radius 3 is 2.25 bits per heavy atom. The zero-order valence-electron chi connectivity index (χ0n) is 6.07. The minimum atomic E-state index is -1.43. The number of carbonyl (C=O) groups is 1. The highest BCUT2D eigenvalue weighted by atomic mass is 79.9. The van der Waals surface area contributed by atoms with Gasteiger partial charge < -0.3 is 10.2 Å². The number of aliphatic hydroxyl groups is 1. The normalized spacial score (nSPS) is 12.5. The van der Waals surface area contributed by atoms with Crippen LogP contribution < -0.4 is 0 Å². The van der Waals surface area contributed by atoms with Crippen LogP contribution in [-0.4, -0.2) is 16.2 Å². The van der Waals surface area contributed by atoms with Crippen LogP contribution in [0.1, 0.15) is 11.7 Å². The van der Waals surface area contributed by atoms with E-state index in [1.165, 1.54) is 0 Å². The lowest BCUT2D eigenvalue weighted by Gasteiger charge is -2.04. The lowest BCUT2D eigenvalue weighted by molar-refractivity contribution is -0.146. The van der Waals surface area contributed by atoms with Crippen molar-refractivity contribution in [2.45, 2.75) is 6.10 Å². The SMILES string of the molecule is O=C(O)[C@@H](O)c1ccc(Br)cc1. The number of carboxylic acid groups (broad SMARTS) is 1. The van der Waals surface area contributed by atoms with Crippen molar-refractivity contribution in [3.63, 3.8) is 0 Å². The fourth-order valence-corrected chi connectivity index (χ4v) is 1.05. The predicted octanol–water partition coefficient (Wildman–Crippen LogP) is 1.57. The van der Waals surface area contributed by atoms with Crippen molar-refractivity contribution in [1.82, 2.24) is 0 Å². The van der Waals surface area contributed by atoms with E-state index in [1.54, 1.807) is 24.3 Å². The summed E-state index contributed by atoms with van der Waals surface area (Å²) in [5.74, 6) is -1.24. The van der Waals surface area contributed by atoms with Gasteiger partial charge in [-0.3, -0.25) is 0 Å². The largest absolute Gasteiger partial charge is 0.479 e. The standard InChI is InChI=1S/C8H7BrO3/c9-6-3-1-5(2-4-6)7(10)8(11)12/h1-4,7,10H,(H,11,12)/t7-/m0/s1. The first kappa shape index (κ1) is 9.22. The Labute approximate surface area is 77.8 Å². The molecular formula is C8H7BrO3. The topological polar surface area (TPSA) is 57.5 Å². The number of rotatable bonds is 2. The molecule has 0 aliphatic carbocycles. The molecule has 0 radical (unpaired) electrons. The van der Waals surface area contributed by atoms with Crippen molar-refractivity contribution in [2.24, 2.45) is 0 Å². The molecule has 4 heteroatoms. The third-order valence-corrected chi connectivity index (χ3v) is 1.95. The van der Waals surface area contributed by atoms with Crippen molar-refractivity contribution in [3.05, 3.63) is 34.3 Å². The smallest absolute Gasteiger partial charge is 0.337 e. The molecule has 0 amide bonds. The minimum Gasteiger partial charge on any atom is -0.479 e. The maximum absolute atomic E-state index is 10.3. The van der Waals surface area contributed by atoms with Crippen molar-refractivity contribution >= 4 is 21.9 Å². The molecule has 12 heavy (non-hydrogen) atoms. The van der Waals surface area contributed by atoms with Crippen LogP contribution in [0.25, 0.3) is 0 Å². The summed E-state index contributed by atoms with van der Waals surface area (Å²) in [5, 5.41) is 17.5. The van der Waals surface area contributed by atoms with Gasteiger partial charge in [0.1, 0.15) is 0 Å². The molecular weight excluding hydrogens is 224 g/mol. The summed E-state index contributed by atoms with van der Waals surface area (Å²) in [4.78, 5) is 10.3. The predicted molar refractivity (Wildman–Crippen MR) is 46.7 cm³/mol. The summed E-state index contributed by atoms with van der Waals surface area (Å²) in [6.07, 6.45) is -1.43. The second-order valence-electron chi connectivity index (χ2n) is 2.29. The second-order valence-corrected chi connectivity index (χ2v) is 3.21. The van der Waals surface area contributed by atoms with E-state index >= 15 is 0 Å². The number of halogens is 1. The number of benzene rings is 1. The molecule has 1 aromatic rings. The molecule has 0 bridgehead atoms. The van der Waals surface area contributed by atoms with Gasteiger partial charge in [-0.1, -0.05) is 28.1 Å². The van der Waals surface area contributed by atoms with Gasteiger partial charge in [0, 0.05) is 4.47 Å². The quantitative estimate of drug-likeness (QED) is 0.812. The Balaban J connectivity index is 2.89. The number of hydrogen-bond acceptors (Lipinski definition) is 2. The maximum Gasteiger partial charge on any atom is 0.337 e. The van der Waals surface area contributed by atoms with E-state index in [0.717, 1.165) is 4.47 Å². The fraction of sp³-hybridized carbons (Fsp3) is 0.125. The van der Waals surface area contributed by atoms with Crippen LogP contribution in [0.3, 0.4) is 0 Å². The molecule has 0 saturated heterocycles. The van der Waals surface area contributed by atoms with Gasteiger partial charge in [0.15, 0.2) is 6.10 Å². The van der Waals surface area contributed by atoms with Crippen LogP contribution in [0, 0.1) is 0 Å². The van der Waals surface area contributed by atoms with Gasteiger partial charge in [-0.15, -0.1) is 0 Å². The van der Waals surface area contributed by atoms with Crippen molar-refractivity contribution in [1.29, 1.82) is 0 Å². The fourth-order valence-electron chi connectivity index (χ4n) is 0.788. The van der Waals surface area contributed by atoms with E-state index in [0.29, 0.717) is 5.56 Å². The van der Waals surface area contributed by atoms with Crippen LogP contribution >= 0.6 is 15.9 Å². The van der Waals surface area contributed by atoms with Gasteiger partial charge >= 0.3 is 5.97 Å². The molecule has 0 aliphatic rings. The van der Waals surface area contributed by atoms with E-state index in [2.05, 4.69) is 15.9 Å². The first-order valence-corrected chi connectivity index (χ1v) is 4.07. The number of hydrogen-bond donors (Lipinski definition) is 2. The van der Waals surface area contributed by atoms with E-state index in [9.17, 15) is 4.79 Å². The van der Waals surface area contributed by atoms with E-state index in [4.69, 9.17) is 10.2 Å². The highest BCUT2D eigenvalue weighted by molar-refractivity contribution is 9.10. The summed E-state index contributed by atoms with van der Waals surface area (Å²) in [7, 11) is 0. The zero-order valence-corrected chi connectivity index (χ0v) is 7.65. The molecule has 2 N–H and O–H groups in total. The Hall–Kier alpha value is -0.870. The first-order valence-electron chi connectivity index (χ1n) is 3.27. The van der Waals surface area contributed by atoms with Crippen LogP contribution in [0.2, 0.25) is 0 Å². The molecule has 0 fully saturated rings. The monoisotopic (exact) mass is 230 g/mol. The maximum atomic E-state index is 10.3. The zero-order chi connectivity index (χ0) is 9.14. The van der Waals surface area contributed by atoms with E-state index in [-0.39, 0.29) is 0 Å². The van der Waals surface area contributed by atoms with Crippen LogP contribution in [0.15, 0.2) is 28.7 Å². The van der Waals surface area contributed by atoms with Gasteiger partial charge in [0.2, 0.25) is 0 Å².